The summed E-state index contributed by atoms with van der Waals surface area (Å²) in [6.45, 7) is 17.0. The van der Waals surface area contributed by atoms with E-state index in [2.05, 4.69) is 62.9 Å². The van der Waals surface area contributed by atoms with Crippen LogP contribution >= 0.6 is 0 Å². The first-order chi connectivity index (χ1) is 26.0. The number of nitrogens with two attached hydrogens (primary N) is 1. The van der Waals surface area contributed by atoms with Crippen molar-refractivity contribution in [3.8, 4) is 34.4 Å². The lowest BCUT2D eigenvalue weighted by Crippen LogP contribution is -2.52. The maximum absolute atomic E-state index is 17.4. The first kappa shape index (κ1) is 39.3. The number of hydrogen-bond donors (Lipinski definition) is 2. The third-order valence-electron chi connectivity index (χ3n) is 12.7. The fourth-order valence-corrected chi connectivity index (χ4v) is 15.4. The summed E-state index contributed by atoms with van der Waals surface area (Å²) in [7, 11) is -2.35. The molecule has 3 aliphatic heterocycles. The van der Waals surface area contributed by atoms with Gasteiger partial charge >= 0.3 is 6.01 Å². The molecule has 12 heteroatoms. The van der Waals surface area contributed by atoms with E-state index in [0.29, 0.717) is 31.4 Å². The quantitative estimate of drug-likeness (QED) is 0.105. The van der Waals surface area contributed by atoms with Crippen molar-refractivity contribution in [2.75, 3.05) is 37.7 Å². The second-order valence-corrected chi connectivity index (χ2v) is 23.1. The van der Waals surface area contributed by atoms with Crippen LogP contribution in [0.5, 0.6) is 11.8 Å². The molecule has 0 spiro atoms. The van der Waals surface area contributed by atoms with Crippen LogP contribution in [0.3, 0.4) is 0 Å². The fraction of sp³-hybridized carbons (Fsp3) is 0.535. The minimum Gasteiger partial charge on any atom is -0.508 e. The number of piperidine rings is 1. The first-order valence-electron chi connectivity index (χ1n) is 19.7. The minimum atomic E-state index is -2.35. The Balaban J connectivity index is 1.44. The van der Waals surface area contributed by atoms with Crippen molar-refractivity contribution >= 4 is 35.6 Å². The van der Waals surface area contributed by atoms with Gasteiger partial charge in [-0.3, -0.25) is 4.90 Å². The summed E-state index contributed by atoms with van der Waals surface area (Å²) in [5, 5.41) is 11.6. The van der Waals surface area contributed by atoms with Gasteiger partial charge in [0.05, 0.1) is 16.7 Å². The van der Waals surface area contributed by atoms with Gasteiger partial charge in [0.1, 0.15) is 49.6 Å². The molecule has 1 unspecified atom stereocenters. The molecule has 3 aromatic carbocycles. The van der Waals surface area contributed by atoms with Crippen LogP contribution in [0.1, 0.15) is 86.1 Å². The van der Waals surface area contributed by atoms with Gasteiger partial charge in [-0.1, -0.05) is 53.5 Å². The lowest BCUT2D eigenvalue weighted by atomic mass is 9.91. The zero-order valence-corrected chi connectivity index (χ0v) is 34.0. The zero-order chi connectivity index (χ0) is 39.6. The monoisotopic (exact) mass is 775 g/mol. The molecule has 3 N–H and O–H groups in total. The Labute approximate surface area is 322 Å². The molecule has 0 saturated carbocycles. The van der Waals surface area contributed by atoms with Crippen LogP contribution in [0.25, 0.3) is 32.8 Å². The van der Waals surface area contributed by atoms with E-state index in [1.807, 2.05) is 11.8 Å². The molecule has 3 atom stereocenters. The summed E-state index contributed by atoms with van der Waals surface area (Å²) < 4.78 is 71.1. The predicted molar refractivity (Wildman–Crippen MR) is 215 cm³/mol. The molecular weight excluding hydrogens is 723 g/mol. The first-order valence-corrected chi connectivity index (χ1v) is 21.9. The smallest absolute Gasteiger partial charge is 0.319 e. The Morgan fingerprint density at radius 3 is 2.38 bits per heavy atom. The lowest BCUT2D eigenvalue weighted by Gasteiger charge is -2.39. The van der Waals surface area contributed by atoms with Crippen LogP contribution in [-0.4, -0.2) is 78.1 Å². The van der Waals surface area contributed by atoms with Gasteiger partial charge in [0.2, 0.25) is 0 Å². The number of phenols is 1. The second kappa shape index (κ2) is 14.5. The molecule has 0 aliphatic carbocycles. The van der Waals surface area contributed by atoms with E-state index in [4.69, 9.17) is 15.5 Å². The highest BCUT2D eigenvalue weighted by Gasteiger charge is 2.49. The number of fused-ring (bicyclic) bond motifs is 3. The maximum Gasteiger partial charge on any atom is 0.319 e. The van der Waals surface area contributed by atoms with E-state index >= 15 is 13.2 Å². The topological polar surface area (TPSA) is 87.7 Å². The van der Waals surface area contributed by atoms with Gasteiger partial charge in [-0.05, 0) is 85.4 Å². The number of aromatic hydroxyl groups is 1. The highest BCUT2D eigenvalue weighted by molar-refractivity contribution is 6.90. The van der Waals surface area contributed by atoms with Gasteiger partial charge in [0.25, 0.3) is 0 Å². The summed E-state index contributed by atoms with van der Waals surface area (Å²) in [5.74, 6) is 0.681. The third-order valence-corrected chi connectivity index (χ3v) is 19.0. The Morgan fingerprint density at radius 1 is 0.982 bits per heavy atom. The summed E-state index contributed by atoms with van der Waals surface area (Å²) in [6.07, 6.45) is 2.56. The number of benzene rings is 3. The van der Waals surface area contributed by atoms with E-state index in [0.717, 1.165) is 32.2 Å². The minimum absolute atomic E-state index is 0.0243. The van der Waals surface area contributed by atoms with Gasteiger partial charge in [-0.25, -0.2) is 17.6 Å². The van der Waals surface area contributed by atoms with Crippen molar-refractivity contribution < 1.29 is 27.4 Å². The molecule has 0 bridgehead atoms. The molecule has 7 rings (SSSR count). The zero-order valence-electron chi connectivity index (χ0n) is 33.0. The number of hydrogen-bond acceptors (Lipinski definition) is 7. The molecule has 294 valence electrons. The van der Waals surface area contributed by atoms with Gasteiger partial charge in [-0.15, -0.1) is 5.54 Å². The number of alkyl halides is 1. The number of ether oxygens (including phenoxy) is 1. The molecule has 1 aromatic heterocycles. The fourth-order valence-electron chi connectivity index (χ4n) is 10.2. The Kier molecular flexibility index (Phi) is 10.4. The van der Waals surface area contributed by atoms with Crippen molar-refractivity contribution in [3.63, 3.8) is 0 Å². The van der Waals surface area contributed by atoms with Crippen molar-refractivity contribution in [2.45, 2.75) is 114 Å². The number of anilines is 1. The second-order valence-electron chi connectivity index (χ2n) is 17.5. The number of halogens is 4. The lowest BCUT2D eigenvalue weighted by molar-refractivity contribution is 0.107. The van der Waals surface area contributed by atoms with Crippen LogP contribution in [0.15, 0.2) is 30.3 Å². The van der Waals surface area contributed by atoms with Gasteiger partial charge < -0.3 is 20.5 Å². The van der Waals surface area contributed by atoms with Crippen LogP contribution in [0.4, 0.5) is 23.4 Å². The highest BCUT2D eigenvalue weighted by Crippen LogP contribution is 2.45. The van der Waals surface area contributed by atoms with Crippen LogP contribution in [0.2, 0.25) is 16.6 Å². The number of phenolic OH excluding ortho intramolecular Hbond substituents is 1. The molecule has 3 fully saturated rings. The number of aromatic nitrogens is 2. The summed E-state index contributed by atoms with van der Waals surface area (Å²) >= 11 is 0. The van der Waals surface area contributed by atoms with Crippen LogP contribution < -0.4 is 15.4 Å². The van der Waals surface area contributed by atoms with Gasteiger partial charge in [0.15, 0.2) is 5.82 Å². The Bertz CT molecular complexity index is 2180. The van der Waals surface area contributed by atoms with Crippen LogP contribution in [-0.2, 0) is 0 Å². The maximum atomic E-state index is 17.4. The van der Waals surface area contributed by atoms with E-state index in [-0.39, 0.29) is 68.2 Å². The molecule has 0 amide bonds. The largest absolute Gasteiger partial charge is 0.508 e. The van der Waals surface area contributed by atoms with Crippen molar-refractivity contribution in [1.29, 1.82) is 0 Å². The average molecular weight is 776 g/mol. The van der Waals surface area contributed by atoms with Crippen LogP contribution in [0, 0.1) is 28.9 Å². The summed E-state index contributed by atoms with van der Waals surface area (Å²) in [6, 6.07) is 6.55. The molecule has 3 saturated heterocycles. The average Bonchev–Trinajstić information content (AvgIpc) is 3.63. The normalized spacial score (nSPS) is 23.3. The highest BCUT2D eigenvalue weighted by atomic mass is 28.3. The molecule has 7 nitrogen and oxygen atoms in total. The number of nitrogens with zero attached hydrogens (tertiary/aromatic N) is 4. The van der Waals surface area contributed by atoms with Crippen molar-refractivity contribution in [3.05, 3.63) is 53.3 Å². The van der Waals surface area contributed by atoms with E-state index in [1.54, 1.807) is 0 Å². The van der Waals surface area contributed by atoms with Crippen molar-refractivity contribution in [2.24, 2.45) is 5.73 Å². The summed E-state index contributed by atoms with van der Waals surface area (Å²) in [4.78, 5) is 13.3. The summed E-state index contributed by atoms with van der Waals surface area (Å²) in [5.41, 5.74) is 9.19. The van der Waals surface area contributed by atoms with E-state index < -0.39 is 48.3 Å². The predicted octanol–water partition coefficient (Wildman–Crippen LogP) is 9.42. The van der Waals surface area contributed by atoms with E-state index in [1.165, 1.54) is 30.3 Å². The molecular formula is C43H53F4N5O2Si. The number of rotatable bonds is 8. The van der Waals surface area contributed by atoms with E-state index in [9.17, 15) is 9.50 Å². The Hall–Kier alpha value is -3.92. The molecule has 55 heavy (non-hydrogen) atoms. The molecule has 3 aliphatic rings. The van der Waals surface area contributed by atoms with Gasteiger partial charge in [0, 0.05) is 47.9 Å². The van der Waals surface area contributed by atoms with Crippen molar-refractivity contribution in [1.82, 2.24) is 14.9 Å². The molecule has 4 heterocycles. The Morgan fingerprint density at radius 2 is 1.69 bits per heavy atom. The third kappa shape index (κ3) is 6.95. The standard InChI is InChI=1S/C43H53F4N5O2Si/c1-25(2)55(26(3)4,27(5)6)17-12-31-34(45)11-10-28-18-30(53)19-32(36(28)31)37-35(46)20-33-39(38(37)47)49-41(50-40(33)51-15-8-13-42(7,48)23-51)54-24-43-14-9-16-52(43)22-29(44)21-43/h10-11,18-20,25-27,29,53H,8-9,13-16,21-24,48H2,1-7H3/t29-,42?,43+/m1/s1. The molecule has 4 aromatic rings. The SMILES string of the molecule is CC(C)[Si](C#Cc1c(F)ccc2cc(O)cc(-c3c(F)cc4c(N5CCCC(C)(N)C5)nc(OC[C@@]56CCCN5C[C@H](F)C6)nc4c3F)c12)(C(C)C)C(C)C. The van der Waals surface area contributed by atoms with Gasteiger partial charge in [-0.2, -0.15) is 9.97 Å². The molecule has 0 radical (unpaired) electrons.